The third-order valence-electron chi connectivity index (χ3n) is 2.91. The van der Waals surface area contributed by atoms with Gasteiger partial charge in [0.25, 0.3) is 0 Å². The molecule has 3 aromatic rings. The summed E-state index contributed by atoms with van der Waals surface area (Å²) < 4.78 is 1.79. The fourth-order valence-corrected chi connectivity index (χ4v) is 2.70. The average molecular weight is 300 g/mol. The highest BCUT2D eigenvalue weighted by molar-refractivity contribution is 9.10. The van der Waals surface area contributed by atoms with Gasteiger partial charge in [0.05, 0.1) is 4.47 Å². The van der Waals surface area contributed by atoms with Crippen molar-refractivity contribution in [1.82, 2.24) is 0 Å². The molecule has 0 N–H and O–H groups in total. The third-order valence-corrected chi connectivity index (χ3v) is 3.52. The van der Waals surface area contributed by atoms with Crippen molar-refractivity contribution in [3.63, 3.8) is 0 Å². The topological polar surface area (TPSA) is 26.9 Å². The first-order valence-electron chi connectivity index (χ1n) is 5.63. The predicted molar refractivity (Wildman–Crippen MR) is 76.0 cm³/mol. The molecule has 2 aromatic carbocycles. The second-order valence-electron chi connectivity index (χ2n) is 4.06. The number of rotatable bonds is 1. The molecule has 2 nitrogen and oxygen atoms in total. The molecule has 1 heterocycles. The molecule has 0 unspecified atom stereocenters. The van der Waals surface area contributed by atoms with Crippen molar-refractivity contribution in [3.05, 3.63) is 70.3 Å². The van der Waals surface area contributed by atoms with Crippen LogP contribution in [0.3, 0.4) is 0 Å². The number of para-hydroxylation sites is 1. The average Bonchev–Trinajstić information content (AvgIpc) is 2.40. The van der Waals surface area contributed by atoms with E-state index in [1.165, 1.54) is 0 Å². The molecule has 0 atom stereocenters. The molecule has 0 bridgehead atoms. The van der Waals surface area contributed by atoms with E-state index in [0.29, 0.717) is 11.2 Å². The van der Waals surface area contributed by atoms with Crippen molar-refractivity contribution in [2.45, 2.75) is 0 Å². The third kappa shape index (κ3) is 1.77. The van der Waals surface area contributed by atoms with E-state index < -0.39 is 0 Å². The van der Waals surface area contributed by atoms with Crippen LogP contribution in [0.25, 0.3) is 22.2 Å². The Hall–Kier alpha value is -1.87. The van der Waals surface area contributed by atoms with Crippen molar-refractivity contribution in [2.24, 2.45) is 0 Å². The molecule has 0 fully saturated rings. The summed E-state index contributed by atoms with van der Waals surface area (Å²) in [4.78, 5) is 0. The second-order valence-corrected chi connectivity index (χ2v) is 4.91. The van der Waals surface area contributed by atoms with Gasteiger partial charge in [0, 0.05) is 17.0 Å². The number of nitrogens with zero attached hydrogens (tertiary/aromatic N) is 1. The lowest BCUT2D eigenvalue weighted by Gasteiger charge is -2.09. The van der Waals surface area contributed by atoms with Gasteiger partial charge in [-0.15, -0.1) is 0 Å². The molecule has 0 aliphatic rings. The summed E-state index contributed by atoms with van der Waals surface area (Å²) >= 11 is 3.48. The number of aromatic nitrogens is 1. The zero-order chi connectivity index (χ0) is 12.5. The van der Waals surface area contributed by atoms with E-state index in [1.54, 1.807) is 0 Å². The fraction of sp³-hybridized carbons (Fsp3) is 0. The molecule has 0 amide bonds. The predicted octanol–water partition coefficient (Wildman–Crippen LogP) is 3.90. The molecule has 1 aromatic heterocycles. The van der Waals surface area contributed by atoms with Crippen molar-refractivity contribution in [1.29, 1.82) is 0 Å². The lowest BCUT2D eigenvalue weighted by molar-refractivity contribution is -0.565. The Kier molecular flexibility index (Phi) is 2.76. The standard InChI is InChI=1S/C15H10BrNO/c16-13-10-12-8-4-5-9-14(12)17(18)15(13)11-6-2-1-3-7-11/h1-10H. The van der Waals surface area contributed by atoms with E-state index in [0.717, 1.165) is 20.2 Å². The van der Waals surface area contributed by atoms with Gasteiger partial charge in [-0.1, -0.05) is 30.3 Å². The molecule has 0 spiro atoms. The monoisotopic (exact) mass is 299 g/mol. The number of halogens is 1. The van der Waals surface area contributed by atoms with Gasteiger partial charge >= 0.3 is 0 Å². The first-order valence-corrected chi connectivity index (χ1v) is 6.43. The number of fused-ring (bicyclic) bond motifs is 1. The minimum Gasteiger partial charge on any atom is -0.618 e. The van der Waals surface area contributed by atoms with Gasteiger partial charge in [-0.25, -0.2) is 0 Å². The van der Waals surface area contributed by atoms with E-state index >= 15 is 0 Å². The number of benzene rings is 2. The largest absolute Gasteiger partial charge is 0.618 e. The van der Waals surface area contributed by atoms with Crippen molar-refractivity contribution in [2.75, 3.05) is 0 Å². The van der Waals surface area contributed by atoms with Crippen LogP contribution in [0.1, 0.15) is 0 Å². The number of pyridine rings is 1. The highest BCUT2D eigenvalue weighted by Crippen LogP contribution is 2.27. The molecular weight excluding hydrogens is 290 g/mol. The molecule has 0 saturated heterocycles. The van der Waals surface area contributed by atoms with Crippen LogP contribution in [0.2, 0.25) is 0 Å². The van der Waals surface area contributed by atoms with Crippen LogP contribution in [-0.4, -0.2) is 0 Å². The molecule has 88 valence electrons. The van der Waals surface area contributed by atoms with Crippen molar-refractivity contribution < 1.29 is 4.73 Å². The molecule has 0 saturated carbocycles. The van der Waals surface area contributed by atoms with Crippen molar-refractivity contribution >= 4 is 26.8 Å². The van der Waals surface area contributed by atoms with Gasteiger partial charge in [-0.05, 0) is 40.2 Å². The number of hydrogen-bond acceptors (Lipinski definition) is 1. The first-order chi connectivity index (χ1) is 8.77. The summed E-state index contributed by atoms with van der Waals surface area (Å²) in [6, 6.07) is 19.2. The van der Waals surface area contributed by atoms with Crippen LogP contribution in [0.15, 0.2) is 65.1 Å². The Morgan fingerprint density at radius 1 is 0.889 bits per heavy atom. The lowest BCUT2D eigenvalue weighted by Crippen LogP contribution is -2.30. The van der Waals surface area contributed by atoms with E-state index in [2.05, 4.69) is 15.9 Å². The highest BCUT2D eigenvalue weighted by Gasteiger charge is 2.16. The van der Waals surface area contributed by atoms with Gasteiger partial charge in [-0.3, -0.25) is 0 Å². The fourth-order valence-electron chi connectivity index (χ4n) is 2.07. The second kappa shape index (κ2) is 4.42. The SMILES string of the molecule is [O-][n+]1c(-c2ccccc2)c(Br)cc2ccccc21. The number of hydrogen-bond donors (Lipinski definition) is 0. The Labute approximate surface area is 113 Å². The summed E-state index contributed by atoms with van der Waals surface area (Å²) in [5.41, 5.74) is 2.24. The zero-order valence-electron chi connectivity index (χ0n) is 9.51. The van der Waals surface area contributed by atoms with Crippen LogP contribution in [-0.2, 0) is 0 Å². The Morgan fingerprint density at radius 2 is 1.56 bits per heavy atom. The molecule has 0 aliphatic carbocycles. The van der Waals surface area contributed by atoms with Crippen LogP contribution < -0.4 is 4.73 Å². The van der Waals surface area contributed by atoms with Gasteiger partial charge in [0.2, 0.25) is 11.2 Å². The minimum atomic E-state index is 0.648. The van der Waals surface area contributed by atoms with Crippen LogP contribution in [0.5, 0.6) is 0 Å². The summed E-state index contributed by atoms with van der Waals surface area (Å²) in [5, 5.41) is 13.4. The van der Waals surface area contributed by atoms with E-state index in [9.17, 15) is 5.21 Å². The quantitative estimate of drug-likeness (QED) is 0.494. The van der Waals surface area contributed by atoms with Crippen LogP contribution in [0, 0.1) is 5.21 Å². The van der Waals surface area contributed by atoms with E-state index in [4.69, 9.17) is 0 Å². The van der Waals surface area contributed by atoms with Gasteiger partial charge in [0.1, 0.15) is 0 Å². The maximum atomic E-state index is 12.4. The van der Waals surface area contributed by atoms with Gasteiger partial charge in [-0.2, -0.15) is 4.73 Å². The Balaban J connectivity index is 2.37. The smallest absolute Gasteiger partial charge is 0.238 e. The van der Waals surface area contributed by atoms with Gasteiger partial charge < -0.3 is 5.21 Å². The summed E-state index contributed by atoms with van der Waals surface area (Å²) in [7, 11) is 0. The summed E-state index contributed by atoms with van der Waals surface area (Å²) in [6.45, 7) is 0. The highest BCUT2D eigenvalue weighted by atomic mass is 79.9. The molecular formula is C15H10BrNO. The molecule has 3 heteroatoms. The normalized spacial score (nSPS) is 10.7. The Bertz CT molecular complexity index is 710. The minimum absolute atomic E-state index is 0.648. The van der Waals surface area contributed by atoms with Gasteiger partial charge in [0.15, 0.2) is 0 Å². The first kappa shape index (κ1) is 11.2. The molecule has 0 radical (unpaired) electrons. The summed E-state index contributed by atoms with van der Waals surface area (Å²) in [5.74, 6) is 0. The zero-order valence-corrected chi connectivity index (χ0v) is 11.1. The van der Waals surface area contributed by atoms with Crippen molar-refractivity contribution in [3.8, 4) is 11.3 Å². The molecule has 3 rings (SSSR count). The summed E-state index contributed by atoms with van der Waals surface area (Å²) in [6.07, 6.45) is 0. The van der Waals surface area contributed by atoms with Crippen LogP contribution in [0.4, 0.5) is 0 Å². The van der Waals surface area contributed by atoms with E-state index in [1.807, 2.05) is 60.7 Å². The molecule has 18 heavy (non-hydrogen) atoms. The maximum absolute atomic E-state index is 12.4. The molecule has 0 aliphatic heterocycles. The van der Waals surface area contributed by atoms with E-state index in [-0.39, 0.29) is 0 Å². The maximum Gasteiger partial charge on any atom is 0.238 e. The Morgan fingerprint density at radius 3 is 2.33 bits per heavy atom. The lowest BCUT2D eigenvalue weighted by atomic mass is 10.1. The van der Waals surface area contributed by atoms with Crippen LogP contribution >= 0.6 is 15.9 Å².